The molecule has 0 atom stereocenters. The molecule has 0 saturated carbocycles. The number of benzene rings is 2. The number of pyridine rings is 8. The van der Waals surface area contributed by atoms with E-state index in [9.17, 15) is 24.0 Å². The lowest BCUT2D eigenvalue weighted by molar-refractivity contribution is 0.0689. The number of likely N-dealkylation sites (tertiary alicyclic amines) is 5. The van der Waals surface area contributed by atoms with Gasteiger partial charge in [0, 0.05) is 211 Å². The maximum absolute atomic E-state index is 12.8. The molecule has 128 heavy (non-hydrogen) atoms. The number of aryl methyl sites for hydroxylation is 1. The number of piperidine rings is 5. The van der Waals surface area contributed by atoms with E-state index in [1.807, 2.05) is 255 Å². The number of carbonyl (C=O) groups is 5. The van der Waals surface area contributed by atoms with E-state index >= 15 is 0 Å². The number of anilines is 1. The number of rotatable bonds is 11. The van der Waals surface area contributed by atoms with Gasteiger partial charge in [0.1, 0.15) is 39.7 Å². The Morgan fingerprint density at radius 2 is 0.711 bits per heavy atom. The van der Waals surface area contributed by atoms with Crippen LogP contribution in [-0.4, -0.2) is 201 Å². The largest absolute Gasteiger partial charge is 0.363 e. The highest BCUT2D eigenvalue weighted by molar-refractivity contribution is 6.01. The van der Waals surface area contributed by atoms with Crippen LogP contribution < -0.4 is 4.90 Å². The Labute approximate surface area is 742 Å². The zero-order chi connectivity index (χ0) is 88.3. The van der Waals surface area contributed by atoms with Gasteiger partial charge in [-0.3, -0.25) is 38.1 Å². The first-order chi connectivity index (χ1) is 62.4. The molecule has 0 aliphatic carbocycles. The molecule has 14 aromatic heterocycles. The van der Waals surface area contributed by atoms with E-state index in [4.69, 9.17) is 10.5 Å². The summed E-state index contributed by atoms with van der Waals surface area (Å²) in [6, 6.07) is 48.8. The summed E-state index contributed by atoms with van der Waals surface area (Å²) in [6.07, 6.45) is 43.8. The maximum atomic E-state index is 12.8. The van der Waals surface area contributed by atoms with Crippen LogP contribution >= 0.6 is 0 Å². The number of imidazole rings is 1. The minimum absolute atomic E-state index is 0.0607. The van der Waals surface area contributed by atoms with Crippen molar-refractivity contribution in [3.05, 3.63) is 283 Å². The van der Waals surface area contributed by atoms with Crippen molar-refractivity contribution in [3.8, 4) is 40.6 Å². The number of nitrogens with zero attached hydrogens (tertiary/aromatic N) is 22. The zero-order valence-corrected chi connectivity index (χ0v) is 72.8. The number of hydrogen-bond acceptors (Lipinski definition) is 16. The lowest BCUT2D eigenvalue weighted by Gasteiger charge is -2.30. The Balaban J connectivity index is 0.000000113. The van der Waals surface area contributed by atoms with E-state index in [0.29, 0.717) is 50.8 Å². The van der Waals surface area contributed by atoms with E-state index in [0.717, 1.165) is 230 Å². The highest BCUT2D eigenvalue weighted by atomic mass is 16.2. The van der Waals surface area contributed by atoms with Crippen LogP contribution in [0.1, 0.15) is 166 Å². The van der Waals surface area contributed by atoms with Crippen LogP contribution in [0.3, 0.4) is 0 Å². The first kappa shape index (κ1) is 85.2. The molecule has 646 valence electrons. The highest BCUT2D eigenvalue weighted by Crippen LogP contribution is 2.31. The Hall–Kier alpha value is -15.0. The third-order valence-electron chi connectivity index (χ3n) is 24.7. The van der Waals surface area contributed by atoms with Gasteiger partial charge in [0.15, 0.2) is 0 Å². The Kier molecular flexibility index (Phi) is 25.7. The summed E-state index contributed by atoms with van der Waals surface area (Å²) < 4.78 is 11.9. The number of nitriles is 2. The van der Waals surface area contributed by atoms with Gasteiger partial charge in [-0.15, -0.1) is 0 Å². The fourth-order valence-corrected chi connectivity index (χ4v) is 17.3. The molecule has 0 unspecified atom stereocenters. The van der Waals surface area contributed by atoms with Crippen LogP contribution in [0.15, 0.2) is 239 Å². The predicted molar refractivity (Wildman–Crippen MR) is 496 cm³/mol. The first-order valence-electron chi connectivity index (χ1n) is 44.3. The minimum Gasteiger partial charge on any atom is -0.363 e. The van der Waals surface area contributed by atoms with Crippen molar-refractivity contribution in [3.63, 3.8) is 0 Å². The van der Waals surface area contributed by atoms with E-state index in [1.165, 1.54) is 19.3 Å². The number of amides is 5. The van der Waals surface area contributed by atoms with E-state index in [1.54, 1.807) is 55.4 Å². The second-order valence-corrected chi connectivity index (χ2v) is 34.0. The van der Waals surface area contributed by atoms with Crippen molar-refractivity contribution in [1.29, 1.82) is 10.5 Å². The van der Waals surface area contributed by atoms with Crippen LogP contribution in [0, 0.1) is 41.4 Å². The van der Waals surface area contributed by atoms with Gasteiger partial charge in [-0.1, -0.05) is 19.9 Å². The quantitative estimate of drug-likeness (QED) is 0.116. The predicted octanol–water partition coefficient (Wildman–Crippen LogP) is 17.3. The molecular weight excluding hydrogens is 1600 g/mol. The summed E-state index contributed by atoms with van der Waals surface area (Å²) in [6.45, 7) is 14.9. The van der Waals surface area contributed by atoms with Crippen LogP contribution in [0.25, 0.3) is 89.3 Å². The molecule has 5 aliphatic rings. The number of hydrogen-bond donors (Lipinski definition) is 0. The number of fused-ring (bicyclic) bond motifs is 6. The van der Waals surface area contributed by atoms with Crippen LogP contribution in [0.2, 0.25) is 0 Å². The summed E-state index contributed by atoms with van der Waals surface area (Å²) in [5.74, 6) is 2.69. The zero-order valence-electron chi connectivity index (χ0n) is 72.8. The summed E-state index contributed by atoms with van der Waals surface area (Å²) in [5, 5.41) is 22.8. The standard InChI is InChI=1S/2C21H20N4O.C20H19N5O.C20H23N5O.C19H20N4O/c1-15-6-9-24(10-7-15)21(26)18-12-17-8-11-25(20(17)23-14-18)19-4-2-16(13-22)3-5-19;1-15-5-8-24(9-6-15)21(26)18-12-17-7-10-25(20(17)23-14-18)19-4-2-3-16(11-19)13-22;26-20(24-7-2-1-3-8-24)16-12-15-4-10-25(19(15)22-14-16)17-5-9-23-11-6-21-18(23)13-17;1-23(2)18-7-6-17(14-21-18)25-11-8-15-12-16(13-22-19(15)25)20(26)24-9-4-3-5-10-24;1-14-9-17(13-20-11-14)23-8-5-15-10-16(12-21-18(15)23)19(24)22-6-3-2-4-7-22/h2-5,8,11-12,14-15H,6-7,9-10H2,1H3;2-4,7,10-12,14-15H,5-6,8-9H2,1H3;4-6,9-14H,1-3,7-8H2;6-8,11-14H,3-5,9-10H2,1-2H3;5,8-13H,2-4,6-7H2,1H3. The van der Waals surface area contributed by atoms with Gasteiger partial charge in [0.25, 0.3) is 29.5 Å². The second kappa shape index (κ2) is 38.6. The fraction of sp³-hybridized carbons (Fsp3) is 0.297. The fourth-order valence-electron chi connectivity index (χ4n) is 17.3. The molecule has 5 saturated heterocycles. The third kappa shape index (κ3) is 19.0. The Morgan fingerprint density at radius 3 is 1.09 bits per heavy atom. The third-order valence-corrected chi connectivity index (χ3v) is 24.7. The van der Waals surface area contributed by atoms with Crippen molar-refractivity contribution < 1.29 is 24.0 Å². The molecule has 0 N–H and O–H groups in total. The average molecular weight is 1700 g/mol. The van der Waals surface area contributed by atoms with Crippen LogP contribution in [0.5, 0.6) is 0 Å². The Morgan fingerprint density at radius 1 is 0.336 bits per heavy atom. The first-order valence-corrected chi connectivity index (χ1v) is 44.3. The van der Waals surface area contributed by atoms with E-state index in [2.05, 4.69) is 71.9 Å². The molecule has 5 fully saturated rings. The molecule has 27 nitrogen and oxygen atoms in total. The van der Waals surface area contributed by atoms with Gasteiger partial charge in [-0.25, -0.2) is 34.9 Å². The number of carbonyl (C=O) groups excluding carboxylic acids is 5. The van der Waals surface area contributed by atoms with Crippen molar-refractivity contribution >= 4 is 96.2 Å². The lowest BCUT2D eigenvalue weighted by Crippen LogP contribution is -2.37. The Bertz CT molecular complexity index is 6800. The molecule has 16 aromatic rings. The molecular formula is C101H102N22O5. The summed E-state index contributed by atoms with van der Waals surface area (Å²) >= 11 is 0. The van der Waals surface area contributed by atoms with Gasteiger partial charge in [0.2, 0.25) is 0 Å². The molecule has 19 heterocycles. The molecule has 0 radical (unpaired) electrons. The molecule has 5 aliphatic heterocycles. The van der Waals surface area contributed by atoms with Crippen molar-refractivity contribution in [2.75, 3.05) is 84.4 Å². The SMILES string of the molecule is CC1CCN(C(=O)c2cnc3c(ccn3-c3ccc(C#N)cc3)c2)CC1.CC1CCN(C(=O)c2cnc3c(ccn3-c3cccc(C#N)c3)c2)CC1.CN(C)c1ccc(-n2ccc3cc(C(=O)N4CCCCC4)cnc32)cn1.Cc1cncc(-n2ccc3cc(C(=O)N4CCCCC4)cnc32)c1.O=C(c1cnc2c(ccn2-c2ccn3ccnc3c2)c1)N1CCCCC1. The lowest BCUT2D eigenvalue weighted by atomic mass is 9.99. The normalized spacial score (nSPS) is 15.0. The van der Waals surface area contributed by atoms with E-state index in [-0.39, 0.29) is 29.5 Å². The van der Waals surface area contributed by atoms with E-state index < -0.39 is 0 Å². The van der Waals surface area contributed by atoms with Crippen molar-refractivity contribution in [2.45, 2.75) is 104 Å². The second-order valence-electron chi connectivity index (χ2n) is 34.0. The molecule has 0 bridgehead atoms. The van der Waals surface area contributed by atoms with Gasteiger partial charge < -0.3 is 47.5 Å². The summed E-state index contributed by atoms with van der Waals surface area (Å²) in [4.78, 5) is 111. The molecule has 27 heteroatoms. The minimum atomic E-state index is 0.0607. The summed E-state index contributed by atoms with van der Waals surface area (Å²) in [7, 11) is 3.94. The highest BCUT2D eigenvalue weighted by Gasteiger charge is 2.28. The topological polar surface area (TPSA) is 285 Å². The molecule has 0 spiro atoms. The van der Waals surface area contributed by atoms with Crippen LogP contribution in [-0.2, 0) is 0 Å². The molecule has 2 aromatic carbocycles. The smallest absolute Gasteiger partial charge is 0.255 e. The van der Waals surface area contributed by atoms with Gasteiger partial charge in [-0.05, 0) is 235 Å². The van der Waals surface area contributed by atoms with Crippen molar-refractivity contribution in [1.82, 2.24) is 91.6 Å². The summed E-state index contributed by atoms with van der Waals surface area (Å²) in [5.41, 5.74) is 15.4. The average Bonchev–Trinajstić information content (AvgIpc) is 1.70. The van der Waals surface area contributed by atoms with Gasteiger partial charge in [-0.2, -0.15) is 10.5 Å². The van der Waals surface area contributed by atoms with Crippen molar-refractivity contribution in [2.24, 2.45) is 11.8 Å². The molecule has 5 amide bonds. The van der Waals surface area contributed by atoms with Gasteiger partial charge in [0.05, 0.1) is 80.5 Å². The van der Waals surface area contributed by atoms with Crippen LogP contribution in [0.4, 0.5) is 5.82 Å². The number of aromatic nitrogens is 14. The van der Waals surface area contributed by atoms with Gasteiger partial charge >= 0.3 is 0 Å². The molecule has 21 rings (SSSR count). The maximum Gasteiger partial charge on any atom is 0.255 e. The monoisotopic (exact) mass is 1700 g/mol.